The lowest BCUT2D eigenvalue weighted by atomic mass is 10.2. The highest BCUT2D eigenvalue weighted by Crippen LogP contribution is 2.27. The molecule has 1 atom stereocenters. The summed E-state index contributed by atoms with van der Waals surface area (Å²) in [4.78, 5) is 24.0. The number of nitrogens with zero attached hydrogens (tertiary/aromatic N) is 4. The molecule has 0 spiro atoms. The predicted molar refractivity (Wildman–Crippen MR) is 102 cm³/mol. The summed E-state index contributed by atoms with van der Waals surface area (Å²) in [5.74, 6) is 0. The van der Waals surface area contributed by atoms with E-state index in [1.165, 1.54) is 48.6 Å². The Morgan fingerprint density at radius 2 is 2.15 bits per heavy atom. The molecule has 0 bridgehead atoms. The van der Waals surface area contributed by atoms with Gasteiger partial charge in [-0.2, -0.15) is 9.52 Å². The second-order valence-corrected chi connectivity index (χ2v) is 8.84. The number of benzene rings is 1. The van der Waals surface area contributed by atoms with E-state index in [0.717, 1.165) is 23.5 Å². The Morgan fingerprint density at radius 1 is 1.48 bits per heavy atom. The molecule has 0 aromatic heterocycles. The number of amides is 1. The quantitative estimate of drug-likeness (QED) is 0.289. The van der Waals surface area contributed by atoms with Crippen molar-refractivity contribution in [2.45, 2.75) is 24.8 Å². The molecule has 1 amide bonds. The largest absolute Gasteiger partial charge is 0.445 e. The Bertz CT molecular complexity index is 812. The predicted octanol–water partition coefficient (Wildman–Crippen LogP) is 2.22. The molecule has 0 saturated carbocycles. The SMILES string of the molecule is CN(N=CS[C@H]1CCCN1C(=O)OCc1ccc([N+](=O)[O-])cc1)S(C)(=O)=O. The lowest BCUT2D eigenvalue weighted by Gasteiger charge is -2.22. The molecule has 0 aliphatic carbocycles. The summed E-state index contributed by atoms with van der Waals surface area (Å²) in [6.07, 6.45) is 2.10. The van der Waals surface area contributed by atoms with Gasteiger partial charge in [-0.25, -0.2) is 13.2 Å². The van der Waals surface area contributed by atoms with Crippen LogP contribution in [0.2, 0.25) is 0 Å². The number of rotatable bonds is 7. The number of hydrogen-bond acceptors (Lipinski definition) is 8. The zero-order valence-electron chi connectivity index (χ0n) is 14.8. The summed E-state index contributed by atoms with van der Waals surface area (Å²) in [7, 11) is -2.07. The molecule has 1 heterocycles. The van der Waals surface area contributed by atoms with Crippen LogP contribution in [0, 0.1) is 10.1 Å². The maximum Gasteiger partial charge on any atom is 0.411 e. The van der Waals surface area contributed by atoms with Crippen molar-refractivity contribution in [1.82, 2.24) is 9.31 Å². The zero-order valence-corrected chi connectivity index (χ0v) is 16.5. The average molecular weight is 416 g/mol. The van der Waals surface area contributed by atoms with Gasteiger partial charge < -0.3 is 4.74 Å². The van der Waals surface area contributed by atoms with Gasteiger partial charge in [-0.1, -0.05) is 11.8 Å². The molecule has 12 heteroatoms. The van der Waals surface area contributed by atoms with Crippen LogP contribution in [0.4, 0.5) is 10.5 Å². The fourth-order valence-electron chi connectivity index (χ4n) is 2.28. The maximum absolute atomic E-state index is 12.3. The standard InChI is InChI=1S/C15H20N4O6S2/c1-17(27(2,23)24)16-11-26-14-4-3-9-18(14)15(20)25-10-12-5-7-13(8-6-12)19(21)22/h5-8,11,14H,3-4,9-10H2,1-2H3/t14-/m0/s1. The Kier molecular flexibility index (Phi) is 7.02. The smallest absolute Gasteiger partial charge is 0.411 e. The van der Waals surface area contributed by atoms with Gasteiger partial charge >= 0.3 is 6.09 Å². The van der Waals surface area contributed by atoms with E-state index in [1.807, 2.05) is 0 Å². The second-order valence-electron chi connectivity index (χ2n) is 5.82. The van der Waals surface area contributed by atoms with Crippen molar-refractivity contribution >= 4 is 39.1 Å². The highest BCUT2D eigenvalue weighted by Gasteiger charge is 2.30. The third-order valence-electron chi connectivity index (χ3n) is 3.85. The number of nitro groups is 1. The van der Waals surface area contributed by atoms with Gasteiger partial charge in [0.15, 0.2) is 0 Å². The van der Waals surface area contributed by atoms with Gasteiger partial charge in [0.25, 0.3) is 5.69 Å². The minimum Gasteiger partial charge on any atom is -0.445 e. The Labute approximate surface area is 161 Å². The molecule has 1 aliphatic heterocycles. The first-order chi connectivity index (χ1) is 12.7. The summed E-state index contributed by atoms with van der Waals surface area (Å²) < 4.78 is 28.7. The third kappa shape index (κ3) is 6.10. The average Bonchev–Trinajstić information content (AvgIpc) is 3.07. The van der Waals surface area contributed by atoms with Crippen molar-refractivity contribution in [3.05, 3.63) is 39.9 Å². The van der Waals surface area contributed by atoms with Crippen molar-refractivity contribution in [1.29, 1.82) is 0 Å². The monoisotopic (exact) mass is 416 g/mol. The molecule has 1 saturated heterocycles. The Balaban J connectivity index is 1.87. The molecule has 0 N–H and O–H groups in total. The summed E-state index contributed by atoms with van der Waals surface area (Å²) in [5.41, 5.74) is 2.02. The van der Waals surface area contributed by atoms with Crippen LogP contribution in [0.25, 0.3) is 0 Å². The Hall–Kier alpha value is -2.34. The van der Waals surface area contributed by atoms with Crippen molar-refractivity contribution in [3.8, 4) is 0 Å². The fraction of sp³-hybridized carbons (Fsp3) is 0.467. The molecular weight excluding hydrogens is 396 g/mol. The van der Waals surface area contributed by atoms with Crippen LogP contribution in [-0.2, 0) is 21.4 Å². The number of hydrazone groups is 1. The number of ether oxygens (including phenoxy) is 1. The molecular formula is C15H20N4O6S2. The van der Waals surface area contributed by atoms with Crippen molar-refractivity contribution in [2.75, 3.05) is 19.8 Å². The fourth-order valence-corrected chi connectivity index (χ4v) is 3.53. The van der Waals surface area contributed by atoms with Gasteiger partial charge in [-0.15, -0.1) is 0 Å². The lowest BCUT2D eigenvalue weighted by molar-refractivity contribution is -0.384. The van der Waals surface area contributed by atoms with Gasteiger partial charge in [-0.3, -0.25) is 15.0 Å². The number of hydrogen-bond donors (Lipinski definition) is 0. The van der Waals surface area contributed by atoms with Gasteiger partial charge in [-0.05, 0) is 30.5 Å². The van der Waals surface area contributed by atoms with E-state index in [1.54, 1.807) is 4.90 Å². The minimum absolute atomic E-state index is 0.00954. The molecule has 0 unspecified atom stereocenters. The lowest BCUT2D eigenvalue weighted by Crippen LogP contribution is -2.34. The van der Waals surface area contributed by atoms with Gasteiger partial charge in [0.05, 0.1) is 22.1 Å². The van der Waals surface area contributed by atoms with Crippen LogP contribution in [-0.4, -0.2) is 59.5 Å². The van der Waals surface area contributed by atoms with Crippen LogP contribution in [0.15, 0.2) is 29.4 Å². The summed E-state index contributed by atoms with van der Waals surface area (Å²) in [6.45, 7) is 0.544. The molecule has 27 heavy (non-hydrogen) atoms. The zero-order chi connectivity index (χ0) is 20.0. The number of carbonyl (C=O) groups excluding carboxylic acids is 1. The summed E-state index contributed by atoms with van der Waals surface area (Å²) in [5, 5.41) is 14.3. The molecule has 1 aromatic rings. The van der Waals surface area contributed by atoms with Crippen LogP contribution in [0.5, 0.6) is 0 Å². The highest BCUT2D eigenvalue weighted by molar-refractivity contribution is 8.12. The summed E-state index contributed by atoms with van der Waals surface area (Å²) in [6, 6.07) is 5.78. The van der Waals surface area contributed by atoms with Crippen LogP contribution in [0.3, 0.4) is 0 Å². The van der Waals surface area contributed by atoms with Crippen molar-refractivity contribution < 1.29 is 22.9 Å². The van der Waals surface area contributed by atoms with E-state index in [2.05, 4.69) is 5.10 Å². The molecule has 0 radical (unpaired) electrons. The first kappa shape index (κ1) is 21.0. The molecule has 1 fully saturated rings. The molecule has 1 aliphatic rings. The number of sulfonamides is 1. The minimum atomic E-state index is -3.40. The van der Waals surface area contributed by atoms with E-state index >= 15 is 0 Å². The number of carbonyl (C=O) groups is 1. The van der Waals surface area contributed by atoms with Gasteiger partial charge in [0.2, 0.25) is 10.0 Å². The number of nitro benzene ring substituents is 1. The van der Waals surface area contributed by atoms with Crippen LogP contribution < -0.4 is 0 Å². The number of non-ortho nitro benzene ring substituents is 1. The molecule has 1 aromatic carbocycles. The van der Waals surface area contributed by atoms with Crippen LogP contribution >= 0.6 is 11.8 Å². The first-order valence-corrected chi connectivity index (χ1v) is 10.8. The first-order valence-electron chi connectivity index (χ1n) is 7.97. The van der Waals surface area contributed by atoms with Crippen molar-refractivity contribution in [3.63, 3.8) is 0 Å². The topological polar surface area (TPSA) is 122 Å². The highest BCUT2D eigenvalue weighted by atomic mass is 32.2. The number of likely N-dealkylation sites (tertiary alicyclic amines) is 1. The third-order valence-corrected chi connectivity index (χ3v) is 5.92. The molecule has 2 rings (SSSR count). The van der Waals surface area contributed by atoms with Gasteiger partial charge in [0.1, 0.15) is 6.61 Å². The van der Waals surface area contributed by atoms with Gasteiger partial charge in [0, 0.05) is 25.7 Å². The van der Waals surface area contributed by atoms with E-state index < -0.39 is 21.0 Å². The summed E-state index contributed by atoms with van der Waals surface area (Å²) >= 11 is 1.24. The van der Waals surface area contributed by atoms with E-state index in [4.69, 9.17) is 4.74 Å². The molecule has 148 valence electrons. The maximum atomic E-state index is 12.3. The van der Waals surface area contributed by atoms with Crippen molar-refractivity contribution in [2.24, 2.45) is 5.10 Å². The second kappa shape index (κ2) is 9.04. The number of thioether (sulfide) groups is 1. The Morgan fingerprint density at radius 3 is 2.74 bits per heavy atom. The van der Waals surface area contributed by atoms with Crippen LogP contribution in [0.1, 0.15) is 18.4 Å². The van der Waals surface area contributed by atoms with E-state index in [-0.39, 0.29) is 17.7 Å². The molecule has 10 nitrogen and oxygen atoms in total. The normalized spacial score (nSPS) is 17.3. The van der Waals surface area contributed by atoms with E-state index in [9.17, 15) is 23.3 Å². The van der Waals surface area contributed by atoms with E-state index in [0.29, 0.717) is 12.1 Å².